The van der Waals surface area contributed by atoms with Gasteiger partial charge in [0.2, 0.25) is 0 Å². The van der Waals surface area contributed by atoms with Crippen molar-refractivity contribution in [1.82, 2.24) is 5.32 Å². The Morgan fingerprint density at radius 1 is 1.29 bits per heavy atom. The number of aliphatic hydroxyl groups is 1. The van der Waals surface area contributed by atoms with Gasteiger partial charge in [0.25, 0.3) is 0 Å². The minimum absolute atomic E-state index is 0.120. The van der Waals surface area contributed by atoms with E-state index >= 15 is 0 Å². The Kier molecular flexibility index (Phi) is 3.80. The van der Waals surface area contributed by atoms with Crippen molar-refractivity contribution in [2.45, 2.75) is 38.1 Å². The van der Waals surface area contributed by atoms with Crippen LogP contribution >= 0.6 is 0 Å². The highest BCUT2D eigenvalue weighted by Gasteiger charge is 2.35. The summed E-state index contributed by atoms with van der Waals surface area (Å²) in [6, 6.07) is 0. The van der Waals surface area contributed by atoms with Crippen molar-refractivity contribution in [1.29, 1.82) is 0 Å². The third kappa shape index (κ3) is 3.42. The zero-order chi connectivity index (χ0) is 12.5. The molecule has 2 heterocycles. The van der Waals surface area contributed by atoms with Gasteiger partial charge in [-0.25, -0.2) is 8.42 Å². The zero-order valence-electron chi connectivity index (χ0n) is 10.5. The van der Waals surface area contributed by atoms with Crippen molar-refractivity contribution in [3.05, 3.63) is 0 Å². The van der Waals surface area contributed by atoms with E-state index in [-0.39, 0.29) is 12.1 Å². The Balaban J connectivity index is 1.80. The monoisotopic (exact) mass is 261 g/mol. The summed E-state index contributed by atoms with van der Waals surface area (Å²) in [5.74, 6) is 1.90. The molecule has 0 bridgehead atoms. The molecule has 2 fully saturated rings. The van der Waals surface area contributed by atoms with Gasteiger partial charge in [0, 0.05) is 5.54 Å². The van der Waals surface area contributed by atoms with Crippen LogP contribution in [0.25, 0.3) is 0 Å². The van der Waals surface area contributed by atoms with Gasteiger partial charge < -0.3 is 10.4 Å². The molecule has 2 atom stereocenters. The maximum Gasteiger partial charge on any atom is 0.150 e. The molecule has 2 aliphatic rings. The van der Waals surface area contributed by atoms with Gasteiger partial charge in [-0.3, -0.25) is 0 Å². The topological polar surface area (TPSA) is 66.4 Å². The first kappa shape index (κ1) is 13.3. The van der Waals surface area contributed by atoms with Crippen molar-refractivity contribution < 1.29 is 13.5 Å². The Morgan fingerprint density at radius 2 is 1.94 bits per heavy atom. The van der Waals surface area contributed by atoms with Gasteiger partial charge in [0.15, 0.2) is 0 Å². The van der Waals surface area contributed by atoms with E-state index in [0.717, 1.165) is 32.2 Å². The summed E-state index contributed by atoms with van der Waals surface area (Å²) in [6.45, 7) is 3.20. The molecule has 4 nitrogen and oxygen atoms in total. The number of hydrogen-bond donors (Lipinski definition) is 2. The van der Waals surface area contributed by atoms with Gasteiger partial charge in [-0.05, 0) is 51.0 Å². The number of hydrogen-bond acceptors (Lipinski definition) is 4. The van der Waals surface area contributed by atoms with E-state index in [4.69, 9.17) is 0 Å². The lowest BCUT2D eigenvalue weighted by molar-refractivity contribution is 0.187. The van der Waals surface area contributed by atoms with Crippen LogP contribution in [0.4, 0.5) is 0 Å². The Morgan fingerprint density at radius 3 is 2.47 bits per heavy atom. The molecular weight excluding hydrogens is 238 g/mol. The quantitative estimate of drug-likeness (QED) is 0.779. The summed E-state index contributed by atoms with van der Waals surface area (Å²) in [5.41, 5.74) is -0.120. The highest BCUT2D eigenvalue weighted by molar-refractivity contribution is 7.91. The fourth-order valence-corrected chi connectivity index (χ4v) is 4.69. The van der Waals surface area contributed by atoms with Crippen LogP contribution in [0.5, 0.6) is 0 Å². The average Bonchev–Trinajstić information content (AvgIpc) is 2.65. The maximum atomic E-state index is 11.3. The van der Waals surface area contributed by atoms with Gasteiger partial charge >= 0.3 is 0 Å². The van der Waals surface area contributed by atoms with Crippen LogP contribution in [0.2, 0.25) is 0 Å². The molecule has 5 heteroatoms. The van der Waals surface area contributed by atoms with Crippen molar-refractivity contribution in [3.63, 3.8) is 0 Å². The van der Waals surface area contributed by atoms with E-state index in [9.17, 15) is 13.5 Å². The van der Waals surface area contributed by atoms with Crippen LogP contribution in [0, 0.1) is 11.8 Å². The molecule has 0 aromatic heterocycles. The van der Waals surface area contributed by atoms with Crippen LogP contribution in [0.15, 0.2) is 0 Å². The summed E-state index contributed by atoms with van der Waals surface area (Å²) in [6.07, 6.45) is 3.77. The predicted molar refractivity (Wildman–Crippen MR) is 67.6 cm³/mol. The Labute approximate surface area is 104 Å². The first-order valence-electron chi connectivity index (χ1n) is 6.49. The molecule has 0 amide bonds. The van der Waals surface area contributed by atoms with Gasteiger partial charge in [0.05, 0.1) is 18.1 Å². The summed E-state index contributed by atoms with van der Waals surface area (Å²) in [4.78, 5) is 0. The van der Waals surface area contributed by atoms with Crippen molar-refractivity contribution in [2.75, 3.05) is 24.7 Å². The normalized spacial score (nSPS) is 38.4. The van der Waals surface area contributed by atoms with Gasteiger partial charge in [-0.1, -0.05) is 0 Å². The van der Waals surface area contributed by atoms with Gasteiger partial charge in [-0.15, -0.1) is 0 Å². The number of aliphatic hydroxyl groups excluding tert-OH is 1. The maximum absolute atomic E-state index is 11.3. The SMILES string of the molecule is CC1(CO)CC(CC2CCS(=O)(=O)CC2)CN1. The number of sulfone groups is 1. The molecule has 0 spiro atoms. The fraction of sp³-hybridized carbons (Fsp3) is 1.00. The third-order valence-electron chi connectivity index (χ3n) is 4.25. The molecule has 0 aromatic rings. The Hall–Kier alpha value is -0.130. The molecule has 2 N–H and O–H groups in total. The molecule has 0 saturated carbocycles. The second-order valence-electron chi connectivity index (χ2n) is 6.00. The second kappa shape index (κ2) is 4.86. The average molecular weight is 261 g/mol. The van der Waals surface area contributed by atoms with E-state index in [1.54, 1.807) is 0 Å². The summed E-state index contributed by atoms with van der Waals surface area (Å²) in [5, 5.41) is 12.6. The summed E-state index contributed by atoms with van der Waals surface area (Å²) >= 11 is 0. The summed E-state index contributed by atoms with van der Waals surface area (Å²) in [7, 11) is -2.73. The van der Waals surface area contributed by atoms with Crippen molar-refractivity contribution in [2.24, 2.45) is 11.8 Å². The molecule has 0 radical (unpaired) electrons. The zero-order valence-corrected chi connectivity index (χ0v) is 11.3. The first-order chi connectivity index (χ1) is 7.92. The molecule has 17 heavy (non-hydrogen) atoms. The lowest BCUT2D eigenvalue weighted by Gasteiger charge is -2.25. The first-order valence-corrected chi connectivity index (χ1v) is 8.31. The molecule has 100 valence electrons. The van der Waals surface area contributed by atoms with Gasteiger partial charge in [0.1, 0.15) is 9.84 Å². The van der Waals surface area contributed by atoms with Crippen LogP contribution in [0.3, 0.4) is 0 Å². The Bertz CT molecular complexity index is 354. The van der Waals surface area contributed by atoms with Crippen LogP contribution in [-0.4, -0.2) is 43.7 Å². The molecule has 2 unspecified atom stereocenters. The van der Waals surface area contributed by atoms with Crippen LogP contribution in [0.1, 0.15) is 32.6 Å². The molecule has 2 rings (SSSR count). The number of nitrogens with one attached hydrogen (secondary N) is 1. The third-order valence-corrected chi connectivity index (χ3v) is 5.96. The van der Waals surface area contributed by atoms with Crippen LogP contribution < -0.4 is 5.32 Å². The van der Waals surface area contributed by atoms with E-state index < -0.39 is 9.84 Å². The highest BCUT2D eigenvalue weighted by Crippen LogP contribution is 2.32. The van der Waals surface area contributed by atoms with E-state index in [2.05, 4.69) is 12.2 Å². The smallest absolute Gasteiger partial charge is 0.150 e. The lowest BCUT2D eigenvalue weighted by Crippen LogP contribution is -2.39. The second-order valence-corrected chi connectivity index (χ2v) is 8.30. The predicted octanol–water partition coefficient (Wildman–Crippen LogP) is 0.562. The van der Waals surface area contributed by atoms with Gasteiger partial charge in [-0.2, -0.15) is 0 Å². The largest absolute Gasteiger partial charge is 0.394 e. The van der Waals surface area contributed by atoms with E-state index in [0.29, 0.717) is 23.3 Å². The fourth-order valence-electron chi connectivity index (χ4n) is 3.11. The van der Waals surface area contributed by atoms with E-state index in [1.165, 1.54) is 0 Å². The summed E-state index contributed by atoms with van der Waals surface area (Å²) < 4.78 is 22.7. The molecule has 2 saturated heterocycles. The number of rotatable bonds is 3. The standard InChI is InChI=1S/C12H23NO3S/c1-12(9-14)7-11(8-13-12)6-10-2-4-17(15,16)5-3-10/h10-11,13-14H,2-9H2,1H3. The molecular formula is C12H23NO3S. The molecule has 0 aromatic carbocycles. The minimum atomic E-state index is -2.73. The minimum Gasteiger partial charge on any atom is -0.394 e. The van der Waals surface area contributed by atoms with Crippen molar-refractivity contribution >= 4 is 9.84 Å². The van der Waals surface area contributed by atoms with Crippen molar-refractivity contribution in [3.8, 4) is 0 Å². The van der Waals surface area contributed by atoms with Crippen LogP contribution in [-0.2, 0) is 9.84 Å². The highest BCUT2D eigenvalue weighted by atomic mass is 32.2. The lowest BCUT2D eigenvalue weighted by atomic mass is 9.86. The molecule has 2 aliphatic heterocycles. The van der Waals surface area contributed by atoms with E-state index in [1.807, 2.05) is 0 Å². The molecule has 0 aliphatic carbocycles.